The van der Waals surface area contributed by atoms with Gasteiger partial charge in [-0.15, -0.1) is 0 Å². The molecule has 0 aliphatic rings. The number of benzene rings is 2. The largest absolute Gasteiger partial charge is 0.497 e. The molecule has 1 unspecified atom stereocenters. The van der Waals surface area contributed by atoms with E-state index < -0.39 is 6.04 Å². The molecule has 0 bridgehead atoms. The number of carbonyl (C=O) groups is 2. The van der Waals surface area contributed by atoms with Crippen molar-refractivity contribution in [2.24, 2.45) is 5.92 Å². The summed E-state index contributed by atoms with van der Waals surface area (Å²) >= 11 is 0. The normalized spacial score (nSPS) is 11.8. The van der Waals surface area contributed by atoms with Gasteiger partial charge in [-0.2, -0.15) is 0 Å². The van der Waals surface area contributed by atoms with Crippen molar-refractivity contribution < 1.29 is 14.3 Å². The van der Waals surface area contributed by atoms with Crippen LogP contribution in [-0.2, 0) is 22.6 Å². The summed E-state index contributed by atoms with van der Waals surface area (Å²) in [6, 6.07) is 13.2. The highest BCUT2D eigenvalue weighted by molar-refractivity contribution is 5.88. The zero-order valence-electron chi connectivity index (χ0n) is 19.0. The van der Waals surface area contributed by atoms with Gasteiger partial charge in [0.05, 0.1) is 13.5 Å². The third-order valence-corrected chi connectivity index (χ3v) is 5.00. The molecule has 1 atom stereocenters. The number of nitrogens with one attached hydrogen (secondary N) is 1. The zero-order valence-corrected chi connectivity index (χ0v) is 19.0. The molecule has 0 radical (unpaired) electrons. The summed E-state index contributed by atoms with van der Waals surface area (Å²) in [5.41, 5.74) is 4.17. The molecule has 2 aromatic rings. The molecule has 2 rings (SSSR count). The van der Waals surface area contributed by atoms with Crippen LogP contribution in [0.3, 0.4) is 0 Å². The Labute approximate surface area is 180 Å². The summed E-state index contributed by atoms with van der Waals surface area (Å²) in [4.78, 5) is 27.6. The van der Waals surface area contributed by atoms with Crippen molar-refractivity contribution in [3.63, 3.8) is 0 Å². The van der Waals surface area contributed by atoms with Crippen LogP contribution in [0.1, 0.15) is 43.0 Å². The van der Waals surface area contributed by atoms with Gasteiger partial charge in [0.2, 0.25) is 11.8 Å². The van der Waals surface area contributed by atoms with E-state index in [4.69, 9.17) is 4.74 Å². The van der Waals surface area contributed by atoms with Crippen LogP contribution in [0.15, 0.2) is 42.5 Å². The van der Waals surface area contributed by atoms with Gasteiger partial charge in [-0.3, -0.25) is 9.59 Å². The SMILES string of the molecule is COc1ccc(CN(C(=O)Cc2cc(C)cc(C)c2)C(C)C(=O)NCC(C)C)cc1. The molecule has 1 N–H and O–H groups in total. The van der Waals surface area contributed by atoms with Gasteiger partial charge < -0.3 is 15.0 Å². The van der Waals surface area contributed by atoms with Crippen LogP contribution in [0.2, 0.25) is 0 Å². The van der Waals surface area contributed by atoms with Gasteiger partial charge in [-0.1, -0.05) is 55.3 Å². The Bertz CT molecular complexity index is 839. The number of rotatable bonds is 9. The van der Waals surface area contributed by atoms with Crippen LogP contribution in [0, 0.1) is 19.8 Å². The fourth-order valence-electron chi connectivity index (χ4n) is 3.41. The summed E-state index contributed by atoms with van der Waals surface area (Å²) in [7, 11) is 1.62. The van der Waals surface area contributed by atoms with Crippen molar-refractivity contribution in [1.82, 2.24) is 10.2 Å². The minimum absolute atomic E-state index is 0.0667. The highest BCUT2D eigenvalue weighted by Crippen LogP contribution is 2.17. The molecule has 2 aromatic carbocycles. The average Bonchev–Trinajstić information content (AvgIpc) is 2.69. The van der Waals surface area contributed by atoms with E-state index in [2.05, 4.69) is 11.4 Å². The number of methoxy groups -OCH3 is 1. The van der Waals surface area contributed by atoms with E-state index >= 15 is 0 Å². The smallest absolute Gasteiger partial charge is 0.242 e. The lowest BCUT2D eigenvalue weighted by molar-refractivity contribution is -0.140. The van der Waals surface area contributed by atoms with E-state index in [0.717, 1.165) is 28.0 Å². The Morgan fingerprint density at radius 2 is 1.57 bits per heavy atom. The fraction of sp³-hybridized carbons (Fsp3) is 0.440. The Kier molecular flexibility index (Phi) is 8.46. The van der Waals surface area contributed by atoms with E-state index in [1.54, 1.807) is 18.9 Å². The van der Waals surface area contributed by atoms with Crippen LogP contribution in [0.25, 0.3) is 0 Å². The molecule has 5 nitrogen and oxygen atoms in total. The first-order chi connectivity index (χ1) is 14.2. The molecule has 162 valence electrons. The van der Waals surface area contributed by atoms with Crippen molar-refractivity contribution in [3.8, 4) is 5.75 Å². The van der Waals surface area contributed by atoms with E-state index in [1.807, 2.05) is 64.1 Å². The summed E-state index contributed by atoms with van der Waals surface area (Å²) in [5, 5.41) is 2.95. The number of ether oxygens (including phenoxy) is 1. The quantitative estimate of drug-likeness (QED) is 0.679. The Hall–Kier alpha value is -2.82. The lowest BCUT2D eigenvalue weighted by Crippen LogP contribution is -2.48. The first-order valence-corrected chi connectivity index (χ1v) is 10.5. The monoisotopic (exact) mass is 410 g/mol. The molecule has 0 fully saturated rings. The second kappa shape index (κ2) is 10.8. The van der Waals surface area contributed by atoms with Gasteiger partial charge in [0, 0.05) is 13.1 Å². The Balaban J connectivity index is 2.23. The Morgan fingerprint density at radius 3 is 2.10 bits per heavy atom. The van der Waals surface area contributed by atoms with Gasteiger partial charge >= 0.3 is 0 Å². The van der Waals surface area contributed by atoms with E-state index in [1.165, 1.54) is 0 Å². The number of carbonyl (C=O) groups excluding carboxylic acids is 2. The standard InChI is InChI=1S/C25H34N2O3/c1-17(2)15-26-25(29)20(5)27(16-21-7-9-23(30-6)10-8-21)24(28)14-22-12-18(3)11-19(4)13-22/h7-13,17,20H,14-16H2,1-6H3,(H,26,29). The molecule has 0 aliphatic carbocycles. The topological polar surface area (TPSA) is 58.6 Å². The van der Waals surface area contributed by atoms with Crippen LogP contribution < -0.4 is 10.1 Å². The highest BCUT2D eigenvalue weighted by Gasteiger charge is 2.26. The molecule has 0 saturated heterocycles. The summed E-state index contributed by atoms with van der Waals surface area (Å²) in [5.74, 6) is 0.908. The molecule has 0 saturated carbocycles. The number of aryl methyl sites for hydroxylation is 2. The van der Waals surface area contributed by atoms with Crippen molar-refractivity contribution >= 4 is 11.8 Å². The van der Waals surface area contributed by atoms with E-state index in [0.29, 0.717) is 19.0 Å². The van der Waals surface area contributed by atoms with Crippen molar-refractivity contribution in [2.75, 3.05) is 13.7 Å². The summed E-state index contributed by atoms with van der Waals surface area (Å²) < 4.78 is 5.22. The first kappa shape index (κ1) is 23.5. The lowest BCUT2D eigenvalue weighted by Gasteiger charge is -2.29. The fourth-order valence-corrected chi connectivity index (χ4v) is 3.41. The van der Waals surface area contributed by atoms with Gasteiger partial charge in [0.1, 0.15) is 11.8 Å². The molecular weight excluding hydrogens is 376 g/mol. The third-order valence-electron chi connectivity index (χ3n) is 5.00. The van der Waals surface area contributed by atoms with E-state index in [9.17, 15) is 9.59 Å². The summed E-state index contributed by atoms with van der Waals surface area (Å²) in [6.07, 6.45) is 0.264. The van der Waals surface area contributed by atoms with Gasteiger partial charge in [0.25, 0.3) is 0 Å². The minimum Gasteiger partial charge on any atom is -0.497 e. The van der Waals surface area contributed by atoms with Crippen molar-refractivity contribution in [1.29, 1.82) is 0 Å². The lowest BCUT2D eigenvalue weighted by atomic mass is 10.0. The Morgan fingerprint density at radius 1 is 0.967 bits per heavy atom. The molecule has 2 amide bonds. The number of nitrogens with zero attached hydrogens (tertiary/aromatic N) is 1. The number of amides is 2. The molecule has 0 aliphatic heterocycles. The minimum atomic E-state index is -0.566. The third kappa shape index (κ3) is 6.90. The summed E-state index contributed by atoms with van der Waals surface area (Å²) in [6.45, 7) is 10.9. The van der Waals surface area contributed by atoms with Gasteiger partial charge in [-0.25, -0.2) is 0 Å². The van der Waals surface area contributed by atoms with Crippen LogP contribution in [0.5, 0.6) is 5.75 Å². The molecule has 30 heavy (non-hydrogen) atoms. The van der Waals surface area contributed by atoms with Crippen molar-refractivity contribution in [3.05, 3.63) is 64.7 Å². The predicted octanol–water partition coefficient (Wildman–Crippen LogP) is 4.04. The van der Waals surface area contributed by atoms with Crippen LogP contribution in [0.4, 0.5) is 0 Å². The molecule has 5 heteroatoms. The molecular formula is C25H34N2O3. The second-order valence-corrected chi connectivity index (χ2v) is 8.36. The zero-order chi connectivity index (χ0) is 22.3. The first-order valence-electron chi connectivity index (χ1n) is 10.5. The molecule has 0 heterocycles. The van der Waals surface area contributed by atoms with Crippen molar-refractivity contribution in [2.45, 2.75) is 53.6 Å². The highest BCUT2D eigenvalue weighted by atomic mass is 16.5. The maximum atomic E-state index is 13.3. The van der Waals surface area contributed by atoms with Crippen LogP contribution >= 0.6 is 0 Å². The maximum Gasteiger partial charge on any atom is 0.242 e. The molecule has 0 aromatic heterocycles. The van der Waals surface area contributed by atoms with Gasteiger partial charge in [0.15, 0.2) is 0 Å². The average molecular weight is 411 g/mol. The van der Waals surface area contributed by atoms with Crippen LogP contribution in [-0.4, -0.2) is 36.4 Å². The second-order valence-electron chi connectivity index (χ2n) is 8.36. The van der Waals surface area contributed by atoms with E-state index in [-0.39, 0.29) is 18.2 Å². The number of hydrogen-bond acceptors (Lipinski definition) is 3. The maximum absolute atomic E-state index is 13.3. The number of hydrogen-bond donors (Lipinski definition) is 1. The predicted molar refractivity (Wildman–Crippen MR) is 120 cm³/mol. The molecule has 0 spiro atoms. The van der Waals surface area contributed by atoms with Gasteiger partial charge in [-0.05, 0) is 49.9 Å².